The zero-order valence-corrected chi connectivity index (χ0v) is 19.6. The first kappa shape index (κ1) is 24.3. The SMILES string of the molecule is COc1c(OCC(=O)CC(C)C)ccc2c1NC(=CC(=O)c1cccnc1)N1CCN=C21.Cl. The molecule has 0 atom stereocenters. The van der Waals surface area contributed by atoms with Crippen LogP contribution in [0.15, 0.2) is 53.5 Å². The number of hydrogen-bond acceptors (Lipinski definition) is 8. The average Bonchev–Trinajstić information content (AvgIpc) is 3.28. The molecule has 1 aromatic heterocycles. The molecule has 33 heavy (non-hydrogen) atoms. The number of hydrogen-bond donors (Lipinski definition) is 1. The van der Waals surface area contributed by atoms with Crippen LogP contribution in [0.2, 0.25) is 0 Å². The molecule has 0 unspecified atom stereocenters. The number of aliphatic imine (C=N–C) groups is 1. The number of nitrogens with one attached hydrogen (secondary N) is 1. The summed E-state index contributed by atoms with van der Waals surface area (Å²) >= 11 is 0. The first-order valence-corrected chi connectivity index (χ1v) is 10.6. The molecule has 2 aliphatic heterocycles. The number of aromatic nitrogens is 1. The Kier molecular flexibility index (Phi) is 7.71. The number of amidine groups is 1. The fraction of sp³-hybridized carbons (Fsp3) is 0.333. The van der Waals surface area contributed by atoms with E-state index in [0.717, 1.165) is 11.4 Å². The Morgan fingerprint density at radius 1 is 1.27 bits per heavy atom. The number of carbonyl (C=O) groups excluding carboxylic acids is 2. The van der Waals surface area contributed by atoms with Gasteiger partial charge in [0.25, 0.3) is 0 Å². The van der Waals surface area contributed by atoms with Crippen LogP contribution in [0.3, 0.4) is 0 Å². The summed E-state index contributed by atoms with van der Waals surface area (Å²) < 4.78 is 11.4. The Morgan fingerprint density at radius 2 is 2.09 bits per heavy atom. The van der Waals surface area contributed by atoms with E-state index in [2.05, 4.69) is 15.3 Å². The van der Waals surface area contributed by atoms with Crippen molar-refractivity contribution in [2.45, 2.75) is 20.3 Å². The Labute approximate surface area is 199 Å². The van der Waals surface area contributed by atoms with Crippen molar-refractivity contribution >= 4 is 35.5 Å². The quantitative estimate of drug-likeness (QED) is 0.464. The number of pyridine rings is 1. The van der Waals surface area contributed by atoms with E-state index in [0.29, 0.717) is 48.1 Å². The van der Waals surface area contributed by atoms with E-state index in [9.17, 15) is 9.59 Å². The lowest BCUT2D eigenvalue weighted by atomic mass is 10.1. The second-order valence-electron chi connectivity index (χ2n) is 8.06. The van der Waals surface area contributed by atoms with Crippen LogP contribution in [-0.4, -0.2) is 54.1 Å². The maximum absolute atomic E-state index is 12.8. The van der Waals surface area contributed by atoms with Crippen LogP contribution in [0.1, 0.15) is 36.2 Å². The molecule has 0 radical (unpaired) electrons. The van der Waals surface area contributed by atoms with Crippen molar-refractivity contribution in [3.8, 4) is 11.5 Å². The molecular weight excluding hydrogens is 444 g/mol. The number of benzene rings is 1. The third-order valence-corrected chi connectivity index (χ3v) is 5.19. The van der Waals surface area contributed by atoms with E-state index < -0.39 is 0 Å². The predicted octanol–water partition coefficient (Wildman–Crippen LogP) is 3.72. The summed E-state index contributed by atoms with van der Waals surface area (Å²) in [6.45, 7) is 5.26. The Bertz CT molecular complexity index is 1100. The van der Waals surface area contributed by atoms with Gasteiger partial charge in [-0.05, 0) is 30.2 Å². The van der Waals surface area contributed by atoms with Crippen LogP contribution in [0, 0.1) is 5.92 Å². The number of rotatable bonds is 8. The standard InChI is InChI=1S/C24H26N4O4.ClH/c1-15(2)11-17(29)14-32-20-7-6-18-22(23(20)31-3)27-21(28-10-9-26-24(18)28)12-19(30)16-5-4-8-25-13-16;/h4-8,12-13,15,27H,9-11,14H2,1-3H3;1H. The third kappa shape index (κ3) is 5.17. The van der Waals surface area contributed by atoms with Gasteiger partial charge in [0.1, 0.15) is 18.3 Å². The fourth-order valence-corrected chi connectivity index (χ4v) is 3.80. The summed E-state index contributed by atoms with van der Waals surface area (Å²) in [7, 11) is 1.55. The van der Waals surface area contributed by atoms with Crippen LogP contribution in [0.5, 0.6) is 11.5 Å². The second-order valence-corrected chi connectivity index (χ2v) is 8.06. The Hall–Kier alpha value is -3.39. The van der Waals surface area contributed by atoms with Gasteiger partial charge >= 0.3 is 0 Å². The highest BCUT2D eigenvalue weighted by molar-refractivity contribution is 6.11. The molecule has 9 heteroatoms. The van der Waals surface area contributed by atoms with Gasteiger partial charge in [-0.15, -0.1) is 12.4 Å². The zero-order chi connectivity index (χ0) is 22.7. The predicted molar refractivity (Wildman–Crippen MR) is 129 cm³/mol. The molecule has 0 aliphatic carbocycles. The number of ketones is 2. The summed E-state index contributed by atoms with van der Waals surface area (Å²) in [5.74, 6) is 2.44. The highest BCUT2D eigenvalue weighted by Crippen LogP contribution is 2.43. The second kappa shape index (κ2) is 10.5. The normalized spacial score (nSPS) is 15.2. The third-order valence-electron chi connectivity index (χ3n) is 5.19. The number of halogens is 1. The van der Waals surface area contributed by atoms with Crippen molar-refractivity contribution < 1.29 is 19.1 Å². The van der Waals surface area contributed by atoms with Crippen molar-refractivity contribution in [1.29, 1.82) is 0 Å². The molecular formula is C24H27ClN4O4. The first-order valence-electron chi connectivity index (χ1n) is 10.6. The molecule has 2 aromatic rings. The van der Waals surface area contributed by atoms with Gasteiger partial charge in [-0.25, -0.2) is 0 Å². The highest BCUT2D eigenvalue weighted by Gasteiger charge is 2.33. The lowest BCUT2D eigenvalue weighted by Gasteiger charge is -2.32. The molecule has 1 N–H and O–H groups in total. The van der Waals surface area contributed by atoms with Crippen molar-refractivity contribution in [1.82, 2.24) is 9.88 Å². The highest BCUT2D eigenvalue weighted by atomic mass is 35.5. The molecule has 0 saturated heterocycles. The van der Waals surface area contributed by atoms with Crippen LogP contribution in [-0.2, 0) is 4.79 Å². The minimum Gasteiger partial charge on any atom is -0.491 e. The monoisotopic (exact) mass is 470 g/mol. The summed E-state index contributed by atoms with van der Waals surface area (Å²) in [5.41, 5.74) is 2.01. The van der Waals surface area contributed by atoms with Crippen LogP contribution < -0.4 is 14.8 Å². The van der Waals surface area contributed by atoms with Gasteiger partial charge in [-0.3, -0.25) is 19.6 Å². The number of nitrogens with zero attached hydrogens (tertiary/aromatic N) is 3. The van der Waals surface area contributed by atoms with Gasteiger partial charge in [0.2, 0.25) is 0 Å². The Morgan fingerprint density at radius 3 is 2.79 bits per heavy atom. The minimum atomic E-state index is -0.166. The lowest BCUT2D eigenvalue weighted by Crippen LogP contribution is -2.36. The van der Waals surface area contributed by atoms with Crippen molar-refractivity contribution in [2.24, 2.45) is 10.9 Å². The van der Waals surface area contributed by atoms with Crippen molar-refractivity contribution in [3.05, 3.63) is 59.7 Å². The summed E-state index contributed by atoms with van der Waals surface area (Å²) in [6.07, 6.45) is 5.17. The van der Waals surface area contributed by atoms with E-state index in [1.165, 1.54) is 6.20 Å². The largest absolute Gasteiger partial charge is 0.491 e. The smallest absolute Gasteiger partial charge is 0.191 e. The fourth-order valence-electron chi connectivity index (χ4n) is 3.80. The molecule has 2 aliphatic rings. The summed E-state index contributed by atoms with van der Waals surface area (Å²) in [5, 5.41) is 3.32. The molecule has 4 rings (SSSR count). The molecule has 0 saturated carbocycles. The van der Waals surface area contributed by atoms with Gasteiger partial charge in [0.15, 0.2) is 23.1 Å². The molecule has 0 fully saturated rings. The lowest BCUT2D eigenvalue weighted by molar-refractivity contribution is -0.121. The van der Waals surface area contributed by atoms with E-state index in [1.54, 1.807) is 37.6 Å². The number of fused-ring (bicyclic) bond motifs is 3. The number of carbonyl (C=O) groups is 2. The van der Waals surface area contributed by atoms with Crippen LogP contribution >= 0.6 is 12.4 Å². The molecule has 174 valence electrons. The first-order chi connectivity index (χ1) is 15.5. The van der Waals surface area contributed by atoms with E-state index in [-0.39, 0.29) is 36.5 Å². The molecule has 0 bridgehead atoms. The minimum absolute atomic E-state index is 0. The van der Waals surface area contributed by atoms with Gasteiger partial charge in [-0.2, -0.15) is 0 Å². The van der Waals surface area contributed by atoms with E-state index >= 15 is 0 Å². The molecule has 3 heterocycles. The summed E-state index contributed by atoms with van der Waals surface area (Å²) in [4.78, 5) is 35.5. The molecule has 8 nitrogen and oxygen atoms in total. The maximum atomic E-state index is 12.8. The number of methoxy groups -OCH3 is 1. The van der Waals surface area contributed by atoms with Gasteiger partial charge < -0.3 is 19.7 Å². The van der Waals surface area contributed by atoms with Crippen LogP contribution in [0.4, 0.5) is 5.69 Å². The topological polar surface area (TPSA) is 93.1 Å². The van der Waals surface area contributed by atoms with Crippen molar-refractivity contribution in [2.75, 3.05) is 32.1 Å². The number of anilines is 1. The van der Waals surface area contributed by atoms with Crippen molar-refractivity contribution in [3.63, 3.8) is 0 Å². The maximum Gasteiger partial charge on any atom is 0.191 e. The molecule has 0 spiro atoms. The Balaban J connectivity index is 0.00000306. The average molecular weight is 471 g/mol. The number of ether oxygens (including phenoxy) is 2. The summed E-state index contributed by atoms with van der Waals surface area (Å²) in [6, 6.07) is 7.13. The zero-order valence-electron chi connectivity index (χ0n) is 18.8. The van der Waals surface area contributed by atoms with Gasteiger partial charge in [0.05, 0.1) is 19.3 Å². The van der Waals surface area contributed by atoms with E-state index in [1.807, 2.05) is 24.8 Å². The van der Waals surface area contributed by atoms with Crippen LogP contribution in [0.25, 0.3) is 0 Å². The molecule has 0 amide bonds. The van der Waals surface area contributed by atoms with Gasteiger partial charge in [-0.1, -0.05) is 13.8 Å². The molecule has 1 aromatic carbocycles. The number of Topliss-reactive ketones (excluding diaryl/α,β-unsaturated/α-hetero) is 1. The number of allylic oxidation sites excluding steroid dienone is 1. The van der Waals surface area contributed by atoms with Gasteiger partial charge in [0, 0.05) is 42.6 Å². The van der Waals surface area contributed by atoms with E-state index in [4.69, 9.17) is 9.47 Å².